The SMILES string of the molecule is O=C(c1ccccc1Oc1ccccc1)N1C[C@H]2COCC[C@@]2(C(=O)O)C1. The fourth-order valence-electron chi connectivity index (χ4n) is 3.97. The number of carbonyl (C=O) groups excluding carboxylic acids is 1. The van der Waals surface area contributed by atoms with Gasteiger partial charge in [0, 0.05) is 25.6 Å². The smallest absolute Gasteiger partial charge is 0.311 e. The van der Waals surface area contributed by atoms with E-state index in [9.17, 15) is 14.7 Å². The summed E-state index contributed by atoms with van der Waals surface area (Å²) in [5.41, 5.74) is -0.482. The van der Waals surface area contributed by atoms with Crippen LogP contribution in [0.4, 0.5) is 0 Å². The van der Waals surface area contributed by atoms with Crippen molar-refractivity contribution < 1.29 is 24.2 Å². The Morgan fingerprint density at radius 2 is 1.85 bits per heavy atom. The number of benzene rings is 2. The lowest BCUT2D eigenvalue weighted by molar-refractivity contribution is -0.157. The number of hydrogen-bond acceptors (Lipinski definition) is 4. The van der Waals surface area contributed by atoms with Gasteiger partial charge < -0.3 is 19.5 Å². The molecular weight excluding hydrogens is 346 g/mol. The first-order chi connectivity index (χ1) is 13.1. The van der Waals surface area contributed by atoms with Crippen LogP contribution in [0, 0.1) is 11.3 Å². The van der Waals surface area contributed by atoms with Crippen LogP contribution in [-0.2, 0) is 9.53 Å². The molecule has 0 unspecified atom stereocenters. The van der Waals surface area contributed by atoms with Gasteiger partial charge in [0.25, 0.3) is 5.91 Å². The van der Waals surface area contributed by atoms with Crippen LogP contribution in [0.5, 0.6) is 11.5 Å². The standard InChI is InChI=1S/C21H21NO5/c23-19(22-12-15-13-26-11-10-21(15,14-22)20(24)25)17-8-4-5-9-18(17)27-16-6-2-1-3-7-16/h1-9,15H,10-14H2,(H,24,25)/t15-,21+/m0/s1. The molecule has 0 aromatic heterocycles. The summed E-state index contributed by atoms with van der Waals surface area (Å²) in [5.74, 6) is -0.140. The van der Waals surface area contributed by atoms with E-state index in [0.717, 1.165) is 0 Å². The summed E-state index contributed by atoms with van der Waals surface area (Å²) in [6, 6.07) is 16.3. The third-order valence-electron chi connectivity index (χ3n) is 5.51. The number of aliphatic carboxylic acids is 1. The van der Waals surface area contributed by atoms with Gasteiger partial charge in [-0.25, -0.2) is 0 Å². The molecular formula is C21H21NO5. The second kappa shape index (κ2) is 7.04. The highest BCUT2D eigenvalue weighted by Crippen LogP contribution is 2.43. The summed E-state index contributed by atoms with van der Waals surface area (Å²) in [6.07, 6.45) is 0.430. The minimum Gasteiger partial charge on any atom is -0.481 e. The fourth-order valence-corrected chi connectivity index (χ4v) is 3.97. The van der Waals surface area contributed by atoms with E-state index in [1.165, 1.54) is 0 Å². The van der Waals surface area contributed by atoms with Crippen LogP contribution >= 0.6 is 0 Å². The number of para-hydroxylation sites is 2. The first kappa shape index (κ1) is 17.5. The van der Waals surface area contributed by atoms with E-state index >= 15 is 0 Å². The van der Waals surface area contributed by atoms with Crippen LogP contribution in [0.25, 0.3) is 0 Å². The molecule has 27 heavy (non-hydrogen) atoms. The molecule has 2 aromatic rings. The number of nitrogens with zero attached hydrogens (tertiary/aromatic N) is 1. The topological polar surface area (TPSA) is 76.1 Å². The van der Waals surface area contributed by atoms with Crippen molar-refractivity contribution in [1.82, 2.24) is 4.90 Å². The summed E-state index contributed by atoms with van der Waals surface area (Å²) in [7, 11) is 0. The summed E-state index contributed by atoms with van der Waals surface area (Å²) in [6.45, 7) is 1.37. The number of fused-ring (bicyclic) bond motifs is 1. The predicted molar refractivity (Wildman–Crippen MR) is 97.9 cm³/mol. The fraction of sp³-hybridized carbons (Fsp3) is 0.333. The Hall–Kier alpha value is -2.86. The van der Waals surface area contributed by atoms with Gasteiger partial charge in [-0.05, 0) is 30.7 Å². The van der Waals surface area contributed by atoms with Gasteiger partial charge in [-0.15, -0.1) is 0 Å². The van der Waals surface area contributed by atoms with Crippen molar-refractivity contribution in [3.63, 3.8) is 0 Å². The zero-order valence-electron chi connectivity index (χ0n) is 14.8. The van der Waals surface area contributed by atoms with Crippen LogP contribution in [0.3, 0.4) is 0 Å². The van der Waals surface area contributed by atoms with Gasteiger partial charge in [0.2, 0.25) is 0 Å². The lowest BCUT2D eigenvalue weighted by Gasteiger charge is -2.33. The minimum absolute atomic E-state index is 0.185. The maximum absolute atomic E-state index is 13.2. The molecule has 0 aliphatic carbocycles. The van der Waals surface area contributed by atoms with Crippen molar-refractivity contribution in [2.24, 2.45) is 11.3 Å². The van der Waals surface area contributed by atoms with Crippen LogP contribution in [0.15, 0.2) is 54.6 Å². The lowest BCUT2D eigenvalue weighted by Crippen LogP contribution is -2.45. The van der Waals surface area contributed by atoms with Crippen molar-refractivity contribution in [1.29, 1.82) is 0 Å². The Labute approximate surface area is 157 Å². The van der Waals surface area contributed by atoms with Crippen molar-refractivity contribution in [2.45, 2.75) is 6.42 Å². The molecule has 2 atom stereocenters. The first-order valence-electron chi connectivity index (χ1n) is 9.02. The molecule has 4 rings (SSSR count). The van der Waals surface area contributed by atoms with Crippen molar-refractivity contribution in [3.8, 4) is 11.5 Å². The highest BCUT2D eigenvalue weighted by molar-refractivity contribution is 5.97. The molecule has 2 saturated heterocycles. The molecule has 0 radical (unpaired) electrons. The Kier molecular flexibility index (Phi) is 4.58. The van der Waals surface area contributed by atoms with Gasteiger partial charge >= 0.3 is 5.97 Å². The zero-order valence-corrected chi connectivity index (χ0v) is 14.8. The molecule has 140 valence electrons. The maximum atomic E-state index is 13.2. The number of carboxylic acid groups (broad SMARTS) is 1. The molecule has 0 saturated carbocycles. The quantitative estimate of drug-likeness (QED) is 0.899. The number of rotatable bonds is 4. The van der Waals surface area contributed by atoms with Crippen molar-refractivity contribution >= 4 is 11.9 Å². The second-order valence-corrected chi connectivity index (χ2v) is 7.08. The molecule has 1 N–H and O–H groups in total. The van der Waals surface area contributed by atoms with E-state index in [2.05, 4.69) is 0 Å². The van der Waals surface area contributed by atoms with E-state index in [1.54, 1.807) is 23.1 Å². The largest absolute Gasteiger partial charge is 0.481 e. The third-order valence-corrected chi connectivity index (χ3v) is 5.51. The second-order valence-electron chi connectivity index (χ2n) is 7.08. The number of hydrogen-bond donors (Lipinski definition) is 1. The highest BCUT2D eigenvalue weighted by atomic mass is 16.5. The summed E-state index contributed by atoms with van der Waals surface area (Å²) >= 11 is 0. The number of carbonyl (C=O) groups is 2. The molecule has 2 fully saturated rings. The lowest BCUT2D eigenvalue weighted by atomic mass is 9.74. The first-order valence-corrected chi connectivity index (χ1v) is 9.02. The van der Waals surface area contributed by atoms with Gasteiger partial charge in [0.1, 0.15) is 11.5 Å². The van der Waals surface area contributed by atoms with E-state index < -0.39 is 11.4 Å². The van der Waals surface area contributed by atoms with E-state index in [4.69, 9.17) is 9.47 Å². The molecule has 6 heteroatoms. The summed E-state index contributed by atoms with van der Waals surface area (Å²) in [4.78, 5) is 26.8. The molecule has 2 aromatic carbocycles. The Balaban J connectivity index is 1.60. The Morgan fingerprint density at radius 3 is 2.59 bits per heavy atom. The number of likely N-dealkylation sites (tertiary alicyclic amines) is 1. The van der Waals surface area contributed by atoms with E-state index in [1.807, 2.05) is 36.4 Å². The average molecular weight is 367 g/mol. The molecule has 2 heterocycles. The molecule has 0 bridgehead atoms. The average Bonchev–Trinajstić information content (AvgIpc) is 3.10. The monoisotopic (exact) mass is 367 g/mol. The predicted octanol–water partition coefficient (Wildman–Crippen LogP) is 3.04. The molecule has 2 aliphatic rings. The van der Waals surface area contributed by atoms with Crippen LogP contribution in [0.1, 0.15) is 16.8 Å². The maximum Gasteiger partial charge on any atom is 0.311 e. The third kappa shape index (κ3) is 3.17. The van der Waals surface area contributed by atoms with Crippen LogP contribution in [-0.4, -0.2) is 48.2 Å². The van der Waals surface area contributed by atoms with E-state index in [-0.39, 0.29) is 18.4 Å². The van der Waals surface area contributed by atoms with Gasteiger partial charge in [-0.1, -0.05) is 30.3 Å². The van der Waals surface area contributed by atoms with Crippen LogP contribution < -0.4 is 4.74 Å². The Morgan fingerprint density at radius 1 is 1.11 bits per heavy atom. The highest BCUT2D eigenvalue weighted by Gasteiger charge is 2.55. The van der Waals surface area contributed by atoms with Gasteiger partial charge in [0.15, 0.2) is 0 Å². The van der Waals surface area contributed by atoms with Gasteiger partial charge in [-0.2, -0.15) is 0 Å². The minimum atomic E-state index is -0.914. The molecule has 2 aliphatic heterocycles. The van der Waals surface area contributed by atoms with Crippen LogP contribution in [0.2, 0.25) is 0 Å². The zero-order chi connectivity index (χ0) is 18.9. The number of ether oxygens (including phenoxy) is 2. The van der Waals surface area contributed by atoms with Crippen molar-refractivity contribution in [2.75, 3.05) is 26.3 Å². The van der Waals surface area contributed by atoms with E-state index in [0.29, 0.717) is 43.2 Å². The molecule has 6 nitrogen and oxygen atoms in total. The number of carboxylic acids is 1. The molecule has 0 spiro atoms. The normalized spacial score (nSPS) is 24.3. The van der Waals surface area contributed by atoms with Crippen molar-refractivity contribution in [3.05, 3.63) is 60.2 Å². The summed E-state index contributed by atoms with van der Waals surface area (Å²) in [5, 5.41) is 9.80. The number of amides is 1. The summed E-state index contributed by atoms with van der Waals surface area (Å²) < 4.78 is 11.4. The molecule has 1 amide bonds. The Bertz CT molecular complexity index is 853. The van der Waals surface area contributed by atoms with Gasteiger partial charge in [0.05, 0.1) is 17.6 Å². The van der Waals surface area contributed by atoms with Gasteiger partial charge in [-0.3, -0.25) is 9.59 Å².